The van der Waals surface area contributed by atoms with Crippen molar-refractivity contribution in [2.45, 2.75) is 57.0 Å². The summed E-state index contributed by atoms with van der Waals surface area (Å²) in [6, 6.07) is 19.1. The van der Waals surface area contributed by atoms with Crippen molar-refractivity contribution in [3.05, 3.63) is 77.7 Å². The van der Waals surface area contributed by atoms with Gasteiger partial charge in [-0.2, -0.15) is 0 Å². The van der Waals surface area contributed by atoms with E-state index in [0.29, 0.717) is 18.2 Å². The van der Waals surface area contributed by atoms with Crippen molar-refractivity contribution < 1.29 is 13.1 Å². The fraction of sp³-hybridized carbons (Fsp3) is 0.333. The number of fused-ring (bicyclic) bond motifs is 1. The van der Waals surface area contributed by atoms with E-state index in [1.807, 2.05) is 56.3 Å². The fourth-order valence-electron chi connectivity index (χ4n) is 4.49. The van der Waals surface area contributed by atoms with Gasteiger partial charge in [-0.15, -0.1) is 0 Å². The third-order valence-corrected chi connectivity index (χ3v) is 9.41. The Morgan fingerprint density at radius 3 is 2.46 bits per heavy atom. The second-order valence-corrected chi connectivity index (χ2v) is 17.3. The van der Waals surface area contributed by atoms with Crippen LogP contribution in [0, 0.1) is 5.82 Å². The van der Waals surface area contributed by atoms with Crippen molar-refractivity contribution in [1.82, 2.24) is 10.1 Å². The Bertz CT molecular complexity index is 1380. The Kier molecular flexibility index (Phi) is 7.08. The molecule has 2 N–H and O–H groups in total. The van der Waals surface area contributed by atoms with Crippen molar-refractivity contribution in [2.24, 2.45) is 5.14 Å². The first-order valence-corrected chi connectivity index (χ1v) is 16.4. The average Bonchev–Trinajstić information content (AvgIpc) is 3.23. The molecule has 8 heteroatoms. The molecule has 5 nitrogen and oxygen atoms in total. The quantitative estimate of drug-likeness (QED) is 0.309. The van der Waals surface area contributed by atoms with Crippen LogP contribution in [0.4, 0.5) is 4.39 Å². The van der Waals surface area contributed by atoms with Crippen LogP contribution >= 0.6 is 0 Å². The molecule has 2 heterocycles. The molecule has 4 aromatic rings. The van der Waals surface area contributed by atoms with E-state index in [0.717, 1.165) is 33.5 Å². The third-order valence-electron chi connectivity index (χ3n) is 6.39. The van der Waals surface area contributed by atoms with Crippen LogP contribution in [0.1, 0.15) is 37.4 Å². The molecule has 2 aromatic heterocycles. The summed E-state index contributed by atoms with van der Waals surface area (Å²) in [6.45, 7) is 10.1. The van der Waals surface area contributed by atoms with Crippen molar-refractivity contribution in [1.29, 1.82) is 0 Å². The van der Waals surface area contributed by atoms with E-state index in [1.54, 1.807) is 6.07 Å². The Hall–Kier alpha value is -2.68. The largest absolute Gasteiger partial charge is 0.356 e. The van der Waals surface area contributed by atoms with Crippen LogP contribution in [0.3, 0.4) is 0 Å². The van der Waals surface area contributed by atoms with Crippen LogP contribution in [-0.2, 0) is 17.4 Å². The van der Waals surface area contributed by atoms with Gasteiger partial charge in [0.15, 0.2) is 5.58 Å². The van der Waals surface area contributed by atoms with Gasteiger partial charge in [0.2, 0.25) is 0 Å². The van der Waals surface area contributed by atoms with Gasteiger partial charge in [0, 0.05) is 16.6 Å². The summed E-state index contributed by atoms with van der Waals surface area (Å²) in [4.78, 5) is 4.77. The Labute approximate surface area is 209 Å². The number of nitrogens with zero attached hydrogens (tertiary/aromatic N) is 2. The molecule has 0 radical (unpaired) electrons. The topological polar surface area (TPSA) is 82.0 Å². The van der Waals surface area contributed by atoms with E-state index in [1.165, 1.54) is 6.07 Å². The Morgan fingerprint density at radius 1 is 1.06 bits per heavy atom. The minimum Gasteiger partial charge on any atom is -0.356 e. The first-order valence-electron chi connectivity index (χ1n) is 11.7. The average molecular weight is 510 g/mol. The molecular weight excluding hydrogens is 477 g/mol. The molecule has 2 aromatic carbocycles. The zero-order chi connectivity index (χ0) is 25.4. The van der Waals surface area contributed by atoms with Gasteiger partial charge in [0.1, 0.15) is 19.6 Å². The number of rotatable bonds is 8. The molecule has 4 rings (SSSR count). The van der Waals surface area contributed by atoms with E-state index in [-0.39, 0.29) is 11.7 Å². The summed E-state index contributed by atoms with van der Waals surface area (Å²) in [5.74, 6) is -0.320. The predicted molar refractivity (Wildman–Crippen MR) is 144 cm³/mol. The lowest BCUT2D eigenvalue weighted by molar-refractivity contribution is 0.459. The highest BCUT2D eigenvalue weighted by molar-refractivity contribution is 7.84. The minimum atomic E-state index is -1.97. The molecule has 0 saturated heterocycles. The van der Waals surface area contributed by atoms with Gasteiger partial charge >= 0.3 is 0 Å². The third kappa shape index (κ3) is 5.44. The highest BCUT2D eigenvalue weighted by Crippen LogP contribution is 2.38. The van der Waals surface area contributed by atoms with Crippen LogP contribution in [0.5, 0.6) is 0 Å². The molecule has 0 amide bonds. The highest BCUT2D eigenvalue weighted by Gasteiger charge is 2.31. The zero-order valence-corrected chi connectivity index (χ0v) is 22.7. The lowest BCUT2D eigenvalue weighted by Crippen LogP contribution is -2.43. The number of nitrogens with two attached hydrogens (primary N) is 1. The van der Waals surface area contributed by atoms with E-state index >= 15 is 0 Å². The predicted octanol–water partition coefficient (Wildman–Crippen LogP) is 5.69. The fourth-order valence-corrected chi connectivity index (χ4v) is 6.14. The van der Waals surface area contributed by atoms with E-state index in [2.05, 4.69) is 30.9 Å². The lowest BCUT2D eigenvalue weighted by Gasteiger charge is -2.29. The number of hydrogen-bond donors (Lipinski definition) is 1. The monoisotopic (exact) mass is 509 g/mol. The van der Waals surface area contributed by atoms with E-state index in [4.69, 9.17) is 14.6 Å². The zero-order valence-electron chi connectivity index (χ0n) is 20.8. The molecule has 0 spiro atoms. The normalized spacial score (nSPS) is 14.3. The van der Waals surface area contributed by atoms with Crippen molar-refractivity contribution in [2.75, 3.05) is 0 Å². The van der Waals surface area contributed by atoms with Gasteiger partial charge in [-0.3, -0.25) is 10.1 Å². The molecular formula is C27H32FN3O2SSi. The molecule has 2 atom stereocenters. The van der Waals surface area contributed by atoms with Gasteiger partial charge in [-0.1, -0.05) is 61.2 Å². The molecule has 184 valence electrons. The first-order chi connectivity index (χ1) is 16.5. The number of hydrogen-bond acceptors (Lipinski definition) is 4. The molecule has 1 unspecified atom stereocenters. The number of aromatic nitrogens is 2. The van der Waals surface area contributed by atoms with Gasteiger partial charge in [0.25, 0.3) is 0 Å². The maximum Gasteiger partial charge on any atom is 0.167 e. The van der Waals surface area contributed by atoms with Crippen LogP contribution in [-0.4, -0.2) is 27.2 Å². The van der Waals surface area contributed by atoms with Crippen LogP contribution in [0.2, 0.25) is 19.6 Å². The molecule has 0 saturated carbocycles. The summed E-state index contributed by atoms with van der Waals surface area (Å²) < 4.78 is 32.0. The maximum atomic E-state index is 14.6. The van der Waals surface area contributed by atoms with E-state index < -0.39 is 23.8 Å². The van der Waals surface area contributed by atoms with Crippen molar-refractivity contribution in [3.63, 3.8) is 0 Å². The maximum absolute atomic E-state index is 14.6. The number of pyridine rings is 1. The molecule has 35 heavy (non-hydrogen) atoms. The van der Waals surface area contributed by atoms with Gasteiger partial charge in [-0.25, -0.2) is 8.60 Å². The van der Waals surface area contributed by atoms with Crippen LogP contribution in [0.15, 0.2) is 65.2 Å². The van der Waals surface area contributed by atoms with Gasteiger partial charge in [0.05, 0.1) is 21.0 Å². The van der Waals surface area contributed by atoms with Gasteiger partial charge < -0.3 is 4.52 Å². The molecule has 0 aliphatic heterocycles. The SMILES string of the molecule is CC(C)(C[C@H](Cc1ccc(F)c([Si](C)(C)C)n1)c1ccccc1-c1noc2ccccc12)S(N)=O. The van der Waals surface area contributed by atoms with Gasteiger partial charge in [-0.05, 0) is 62.4 Å². The summed E-state index contributed by atoms with van der Waals surface area (Å²) in [5, 5.41) is 11.8. The summed E-state index contributed by atoms with van der Waals surface area (Å²) in [5.41, 5.74) is 4.30. The smallest absolute Gasteiger partial charge is 0.167 e. The van der Waals surface area contributed by atoms with Crippen molar-refractivity contribution >= 4 is 35.3 Å². The summed E-state index contributed by atoms with van der Waals surface area (Å²) in [7, 11) is -3.49. The highest BCUT2D eigenvalue weighted by atomic mass is 32.2. The summed E-state index contributed by atoms with van der Waals surface area (Å²) >= 11 is 0. The molecule has 0 aliphatic carbocycles. The number of halogens is 1. The van der Waals surface area contributed by atoms with E-state index in [9.17, 15) is 8.60 Å². The second-order valence-electron chi connectivity index (χ2n) is 10.7. The second kappa shape index (κ2) is 9.76. The molecule has 0 bridgehead atoms. The molecule has 0 aliphatic rings. The van der Waals surface area contributed by atoms with Crippen LogP contribution in [0.25, 0.3) is 22.2 Å². The molecule has 0 fully saturated rings. The van der Waals surface area contributed by atoms with Crippen LogP contribution < -0.4 is 10.5 Å². The first kappa shape index (κ1) is 25.4. The Morgan fingerprint density at radius 2 is 1.74 bits per heavy atom. The minimum absolute atomic E-state index is 0.0726. The standard InChI is InChI=1S/C27H32FN3O2SSi/c1-27(2,34(29)32)17-18(16-19-14-15-23(28)26(30-19)35(3,4)5)20-10-6-7-11-21(20)25-22-12-8-9-13-24(22)33-31-25/h6-15,18H,16-17,29H2,1-5H3/t18-,34?/m0/s1. The summed E-state index contributed by atoms with van der Waals surface area (Å²) in [6.07, 6.45) is 1.12. The van der Waals surface area contributed by atoms with Crippen molar-refractivity contribution in [3.8, 4) is 11.3 Å². The lowest BCUT2D eigenvalue weighted by atomic mass is 9.83. The Balaban J connectivity index is 1.83. The number of benzene rings is 2. The number of para-hydroxylation sites is 1.